The van der Waals surface area contributed by atoms with Crippen LogP contribution in [0.2, 0.25) is 0 Å². The molecule has 0 amide bonds. The number of aliphatic hydroxyl groups is 2. The lowest BCUT2D eigenvalue weighted by Crippen LogP contribution is -2.28. The monoisotopic (exact) mass is 696 g/mol. The number of esters is 1. The zero-order valence-electron chi connectivity index (χ0n) is 28.5. The van der Waals surface area contributed by atoms with Gasteiger partial charge in [-0.1, -0.05) is 85.5 Å². The van der Waals surface area contributed by atoms with E-state index < -0.39 is 23.6 Å². The predicted octanol–water partition coefficient (Wildman–Crippen LogP) is 5.43. The maximum Gasteiger partial charge on any atom is 0.330 e. The predicted molar refractivity (Wildman–Crippen MR) is 192 cm³/mol. The number of hydrogen-bond acceptors (Lipinski definition) is 10. The van der Waals surface area contributed by atoms with E-state index in [0.717, 1.165) is 17.2 Å². The molecule has 2 N–H and O–H groups in total. The lowest BCUT2D eigenvalue weighted by atomic mass is 9.68. The number of aliphatic hydroxyl groups excluding tert-OH is 2. The summed E-state index contributed by atoms with van der Waals surface area (Å²) in [6.45, 7) is 8.19. The van der Waals surface area contributed by atoms with E-state index in [0.29, 0.717) is 24.7 Å². The summed E-state index contributed by atoms with van der Waals surface area (Å²) in [5.41, 5.74) is 6.32. The van der Waals surface area contributed by atoms with E-state index in [2.05, 4.69) is 86.0 Å². The van der Waals surface area contributed by atoms with E-state index >= 15 is 0 Å². The molecule has 1 aliphatic carbocycles. The summed E-state index contributed by atoms with van der Waals surface area (Å²) in [4.78, 5) is 20.9. The molecule has 4 aromatic carbocycles. The Hall–Kier alpha value is -4.81. The molecular weight excluding hydrogens is 652 g/mol. The van der Waals surface area contributed by atoms with Gasteiger partial charge in [0.15, 0.2) is 0 Å². The van der Waals surface area contributed by atoms with Gasteiger partial charge in [0.1, 0.15) is 56.7 Å². The molecule has 0 saturated carbocycles. The van der Waals surface area contributed by atoms with Crippen LogP contribution in [0.5, 0.6) is 11.5 Å². The van der Waals surface area contributed by atoms with Gasteiger partial charge in [-0.3, -0.25) is 0 Å². The molecule has 0 radical (unpaired) electrons. The molecule has 0 aliphatic heterocycles. The van der Waals surface area contributed by atoms with Gasteiger partial charge in [-0.05, 0) is 57.6 Å². The van der Waals surface area contributed by atoms with Crippen molar-refractivity contribution in [1.29, 1.82) is 0 Å². The number of rotatable bonds is 22. The fraction of sp³-hybridized carbons (Fsp3) is 0.293. The third kappa shape index (κ3) is 9.50. The van der Waals surface area contributed by atoms with Gasteiger partial charge in [0, 0.05) is 6.08 Å². The summed E-state index contributed by atoms with van der Waals surface area (Å²) in [6, 6.07) is 33.3. The van der Waals surface area contributed by atoms with Gasteiger partial charge in [0.05, 0.1) is 31.8 Å². The van der Waals surface area contributed by atoms with Crippen LogP contribution in [0.25, 0.3) is 11.1 Å². The molecule has 0 fully saturated rings. The molecule has 0 saturated heterocycles. The Morgan fingerprint density at radius 2 is 1.12 bits per heavy atom. The Kier molecular flexibility index (Phi) is 13.9. The first kappa shape index (κ1) is 37.4. The zero-order valence-corrected chi connectivity index (χ0v) is 28.5. The summed E-state index contributed by atoms with van der Waals surface area (Å²) >= 11 is 0. The number of ether oxygens (including phenoxy) is 5. The first-order valence-corrected chi connectivity index (χ1v) is 16.8. The van der Waals surface area contributed by atoms with E-state index in [1.165, 1.54) is 22.3 Å². The first-order valence-electron chi connectivity index (χ1n) is 16.8. The van der Waals surface area contributed by atoms with Crippen molar-refractivity contribution in [3.8, 4) is 22.6 Å². The molecular formula is C41H44O10. The highest BCUT2D eigenvalue weighted by atomic mass is 17.2. The maximum atomic E-state index is 11.2. The minimum absolute atomic E-state index is 0.000139. The van der Waals surface area contributed by atoms with Crippen molar-refractivity contribution in [1.82, 2.24) is 0 Å². The Bertz CT molecular complexity index is 1660. The van der Waals surface area contributed by atoms with Crippen molar-refractivity contribution in [3.05, 3.63) is 145 Å². The van der Waals surface area contributed by atoms with Gasteiger partial charge in [0.25, 0.3) is 0 Å². The van der Waals surface area contributed by atoms with Gasteiger partial charge in [-0.25, -0.2) is 14.6 Å². The Balaban J connectivity index is 1.25. The highest BCUT2D eigenvalue weighted by Crippen LogP contribution is 2.56. The van der Waals surface area contributed by atoms with Crippen molar-refractivity contribution in [2.24, 2.45) is 0 Å². The van der Waals surface area contributed by atoms with Crippen molar-refractivity contribution in [2.45, 2.75) is 17.6 Å². The van der Waals surface area contributed by atoms with Gasteiger partial charge >= 0.3 is 5.97 Å². The van der Waals surface area contributed by atoms with E-state index in [-0.39, 0.29) is 46.2 Å². The van der Waals surface area contributed by atoms with E-state index in [1.807, 2.05) is 24.3 Å². The second-order valence-corrected chi connectivity index (χ2v) is 11.7. The first-order chi connectivity index (χ1) is 25.0. The number of carbonyl (C=O) groups excluding carboxylic acids is 1. The molecule has 0 aromatic heterocycles. The molecule has 268 valence electrons. The van der Waals surface area contributed by atoms with E-state index in [1.54, 1.807) is 6.08 Å². The van der Waals surface area contributed by atoms with Crippen LogP contribution in [-0.2, 0) is 34.2 Å². The summed E-state index contributed by atoms with van der Waals surface area (Å²) in [5.74, 6) is 0.794. The molecule has 51 heavy (non-hydrogen) atoms. The van der Waals surface area contributed by atoms with Crippen LogP contribution in [0.4, 0.5) is 0 Å². The molecule has 1 aliphatic rings. The van der Waals surface area contributed by atoms with Crippen molar-refractivity contribution < 1.29 is 48.5 Å². The normalized spacial score (nSPS) is 13.8. The van der Waals surface area contributed by atoms with Gasteiger partial charge in [0.2, 0.25) is 0 Å². The summed E-state index contributed by atoms with van der Waals surface area (Å²) in [5, 5.41) is 19.9. The van der Waals surface area contributed by atoms with Gasteiger partial charge in [-0.2, -0.15) is 0 Å². The van der Waals surface area contributed by atoms with Crippen LogP contribution in [0.1, 0.15) is 22.3 Å². The molecule has 10 nitrogen and oxygen atoms in total. The fourth-order valence-electron chi connectivity index (χ4n) is 6.06. The smallest absolute Gasteiger partial charge is 0.330 e. The quantitative estimate of drug-likeness (QED) is 0.0242. The SMILES string of the molecule is C=CCOOCC(O)COCCOc1ccc(C2(c3ccc(OCCOCC(O)COC(=O)C=C)cc3)c3ccccc3-c3ccccc32)cc1. The van der Waals surface area contributed by atoms with E-state index in [9.17, 15) is 15.0 Å². The average Bonchev–Trinajstić information content (AvgIpc) is 3.47. The third-order valence-electron chi connectivity index (χ3n) is 8.25. The zero-order chi connectivity index (χ0) is 35.9. The standard InChI is InChI=1S/C41H44O10/c1-3-21-50-51-29-33(43)27-46-23-25-48-35-19-15-31(16-20-35)41(38-11-7-5-9-36(38)37-10-6-8-12-39(37)41)30-13-17-34(18-14-30)47-24-22-45-26-32(42)28-49-40(44)4-2/h3-20,32-33,42-43H,1-2,21-29H2. The molecule has 0 spiro atoms. The lowest BCUT2D eigenvalue weighted by Gasteiger charge is -2.34. The largest absolute Gasteiger partial charge is 0.491 e. The molecule has 10 heteroatoms. The minimum atomic E-state index is -0.934. The van der Waals surface area contributed by atoms with Crippen LogP contribution in [0.15, 0.2) is 122 Å². The maximum absolute atomic E-state index is 11.2. The van der Waals surface area contributed by atoms with E-state index in [4.69, 9.17) is 33.5 Å². The van der Waals surface area contributed by atoms with Crippen LogP contribution >= 0.6 is 0 Å². The van der Waals surface area contributed by atoms with Crippen molar-refractivity contribution >= 4 is 5.97 Å². The fourth-order valence-corrected chi connectivity index (χ4v) is 6.06. The molecule has 0 bridgehead atoms. The molecule has 0 heterocycles. The number of carbonyl (C=O) groups is 1. The summed E-state index contributed by atoms with van der Waals surface area (Å²) < 4.78 is 27.8. The second-order valence-electron chi connectivity index (χ2n) is 11.7. The lowest BCUT2D eigenvalue weighted by molar-refractivity contribution is -0.299. The number of benzene rings is 4. The Morgan fingerprint density at radius 3 is 1.61 bits per heavy atom. The Morgan fingerprint density at radius 1 is 0.627 bits per heavy atom. The van der Waals surface area contributed by atoms with Crippen molar-refractivity contribution in [2.75, 3.05) is 59.5 Å². The molecule has 4 aromatic rings. The minimum Gasteiger partial charge on any atom is -0.491 e. The topological polar surface area (TPSA) is 122 Å². The van der Waals surface area contributed by atoms with Gasteiger partial charge < -0.3 is 33.9 Å². The molecule has 5 rings (SSSR count). The molecule has 2 unspecified atom stereocenters. The third-order valence-corrected chi connectivity index (χ3v) is 8.25. The van der Waals surface area contributed by atoms with Crippen LogP contribution in [0.3, 0.4) is 0 Å². The summed E-state index contributed by atoms with van der Waals surface area (Å²) in [7, 11) is 0. The van der Waals surface area contributed by atoms with Crippen LogP contribution in [0, 0.1) is 0 Å². The van der Waals surface area contributed by atoms with Crippen LogP contribution in [-0.4, -0.2) is 87.9 Å². The highest BCUT2D eigenvalue weighted by Gasteiger charge is 2.45. The second kappa shape index (κ2) is 19.0. The Labute approximate surface area is 298 Å². The highest BCUT2D eigenvalue weighted by molar-refractivity contribution is 5.86. The average molecular weight is 697 g/mol. The number of hydrogen-bond donors (Lipinski definition) is 2. The molecule has 2 atom stereocenters. The number of fused-ring (bicyclic) bond motifs is 3. The van der Waals surface area contributed by atoms with Crippen molar-refractivity contribution in [3.63, 3.8) is 0 Å². The van der Waals surface area contributed by atoms with Gasteiger partial charge in [-0.15, -0.1) is 6.58 Å². The summed E-state index contributed by atoms with van der Waals surface area (Å²) in [6.07, 6.45) is 0.849. The van der Waals surface area contributed by atoms with Crippen LogP contribution < -0.4 is 9.47 Å².